The number of halogens is 1. The van der Waals surface area contributed by atoms with E-state index in [9.17, 15) is 4.79 Å². The second-order valence-electron chi connectivity index (χ2n) is 7.84. The molecular formula is C25H32IN5OS. The van der Waals surface area contributed by atoms with Gasteiger partial charge in [0.25, 0.3) is 5.91 Å². The lowest BCUT2D eigenvalue weighted by molar-refractivity contribution is 0.0827. The van der Waals surface area contributed by atoms with Crippen molar-refractivity contribution >= 4 is 47.2 Å². The van der Waals surface area contributed by atoms with E-state index >= 15 is 0 Å². The predicted octanol–water partition coefficient (Wildman–Crippen LogP) is 4.39. The molecule has 0 radical (unpaired) electrons. The van der Waals surface area contributed by atoms with Gasteiger partial charge >= 0.3 is 0 Å². The van der Waals surface area contributed by atoms with Crippen LogP contribution in [0.3, 0.4) is 0 Å². The molecule has 0 aliphatic rings. The minimum atomic E-state index is 0. The lowest BCUT2D eigenvalue weighted by Gasteiger charge is -2.13. The van der Waals surface area contributed by atoms with Crippen LogP contribution >= 0.6 is 35.3 Å². The topological polar surface area (TPSA) is 69.6 Å². The fourth-order valence-electron chi connectivity index (χ4n) is 3.22. The largest absolute Gasteiger partial charge is 0.356 e. The number of guanidine groups is 1. The molecule has 0 aliphatic carbocycles. The highest BCUT2D eigenvalue weighted by atomic mass is 127. The van der Waals surface area contributed by atoms with Gasteiger partial charge in [-0.2, -0.15) is 0 Å². The molecule has 0 fully saturated rings. The van der Waals surface area contributed by atoms with Gasteiger partial charge in [0.05, 0.1) is 5.69 Å². The normalized spacial score (nSPS) is 11.0. The van der Waals surface area contributed by atoms with Crippen LogP contribution < -0.4 is 10.6 Å². The second-order valence-corrected chi connectivity index (χ2v) is 8.69. The molecule has 0 bridgehead atoms. The molecule has 33 heavy (non-hydrogen) atoms. The molecule has 2 N–H and O–H groups in total. The van der Waals surface area contributed by atoms with Crippen molar-refractivity contribution < 1.29 is 4.79 Å². The number of aromatic nitrogens is 1. The van der Waals surface area contributed by atoms with Gasteiger partial charge in [-0.05, 0) is 31.0 Å². The highest BCUT2D eigenvalue weighted by Crippen LogP contribution is 2.24. The van der Waals surface area contributed by atoms with Gasteiger partial charge in [0.1, 0.15) is 5.01 Å². The molecule has 3 aromatic rings. The van der Waals surface area contributed by atoms with Crippen molar-refractivity contribution in [3.8, 4) is 10.6 Å². The fourth-order valence-corrected chi connectivity index (χ4v) is 4.08. The first kappa shape index (κ1) is 26.8. The molecule has 176 valence electrons. The average Bonchev–Trinajstić information content (AvgIpc) is 3.27. The Kier molecular flexibility index (Phi) is 10.8. The van der Waals surface area contributed by atoms with Gasteiger partial charge in [-0.25, -0.2) is 4.98 Å². The van der Waals surface area contributed by atoms with Crippen LogP contribution in [0.1, 0.15) is 27.2 Å². The van der Waals surface area contributed by atoms with Crippen LogP contribution in [0.25, 0.3) is 10.6 Å². The maximum Gasteiger partial charge on any atom is 0.253 e. The van der Waals surface area contributed by atoms with E-state index in [-0.39, 0.29) is 29.9 Å². The number of aryl methyl sites for hydroxylation is 1. The first-order valence-corrected chi connectivity index (χ1v) is 11.6. The summed E-state index contributed by atoms with van der Waals surface area (Å²) in [7, 11) is 5.30. The van der Waals surface area contributed by atoms with Crippen molar-refractivity contribution in [1.29, 1.82) is 0 Å². The molecule has 0 saturated carbocycles. The summed E-state index contributed by atoms with van der Waals surface area (Å²) >= 11 is 1.68. The number of rotatable bonds is 8. The van der Waals surface area contributed by atoms with E-state index in [0.717, 1.165) is 53.7 Å². The van der Waals surface area contributed by atoms with E-state index in [2.05, 4.69) is 52.2 Å². The van der Waals surface area contributed by atoms with Crippen molar-refractivity contribution in [1.82, 2.24) is 20.5 Å². The van der Waals surface area contributed by atoms with E-state index in [1.807, 2.05) is 24.3 Å². The number of amides is 1. The number of thiazole rings is 1. The highest BCUT2D eigenvalue weighted by molar-refractivity contribution is 14.0. The number of carbonyl (C=O) groups is 1. The third-order valence-electron chi connectivity index (χ3n) is 5.03. The average molecular weight is 578 g/mol. The Morgan fingerprint density at radius 2 is 1.76 bits per heavy atom. The molecule has 1 amide bonds. The summed E-state index contributed by atoms with van der Waals surface area (Å²) in [5.74, 6) is 0.782. The molecule has 1 aromatic heterocycles. The summed E-state index contributed by atoms with van der Waals surface area (Å²) in [5, 5.41) is 9.86. The monoisotopic (exact) mass is 577 g/mol. The number of nitrogens with zero attached hydrogens (tertiary/aromatic N) is 3. The number of carbonyl (C=O) groups excluding carboxylic acids is 1. The summed E-state index contributed by atoms with van der Waals surface area (Å²) in [6, 6.07) is 16.2. The summed E-state index contributed by atoms with van der Waals surface area (Å²) in [6.45, 7) is 3.57. The summed E-state index contributed by atoms with van der Waals surface area (Å²) in [5.41, 5.74) is 5.32. The zero-order chi connectivity index (χ0) is 22.9. The number of hydrogen-bond acceptors (Lipinski definition) is 4. The maximum atomic E-state index is 12.1. The molecular weight excluding hydrogens is 545 g/mol. The van der Waals surface area contributed by atoms with Gasteiger partial charge < -0.3 is 15.5 Å². The highest BCUT2D eigenvalue weighted by Gasteiger charge is 2.08. The zero-order valence-corrected chi connectivity index (χ0v) is 22.7. The first-order chi connectivity index (χ1) is 15.5. The van der Waals surface area contributed by atoms with Crippen LogP contribution in [-0.4, -0.2) is 56.0 Å². The smallest absolute Gasteiger partial charge is 0.253 e. The Balaban J connectivity index is 0.00000385. The Morgan fingerprint density at radius 1 is 1.06 bits per heavy atom. The Labute approximate surface area is 217 Å². The number of nitrogens with one attached hydrogen (secondary N) is 2. The van der Waals surface area contributed by atoms with Crippen LogP contribution in [0.4, 0.5) is 0 Å². The minimum Gasteiger partial charge on any atom is -0.356 e. The molecule has 6 nitrogen and oxygen atoms in total. The predicted molar refractivity (Wildman–Crippen MR) is 149 cm³/mol. The Hall–Kier alpha value is -2.46. The van der Waals surface area contributed by atoms with Gasteiger partial charge in [-0.15, -0.1) is 35.3 Å². The lowest BCUT2D eigenvalue weighted by Crippen LogP contribution is -2.39. The molecule has 0 spiro atoms. The fraction of sp³-hybridized carbons (Fsp3) is 0.320. The minimum absolute atomic E-state index is 0. The zero-order valence-electron chi connectivity index (χ0n) is 19.6. The van der Waals surface area contributed by atoms with Crippen LogP contribution in [0, 0.1) is 6.92 Å². The second kappa shape index (κ2) is 13.3. The Bertz CT molecular complexity index is 1060. The van der Waals surface area contributed by atoms with Crippen LogP contribution in [0.5, 0.6) is 0 Å². The van der Waals surface area contributed by atoms with E-state index in [0.29, 0.717) is 5.56 Å². The quantitative estimate of drug-likeness (QED) is 0.237. The van der Waals surface area contributed by atoms with Crippen molar-refractivity contribution in [2.45, 2.75) is 19.8 Å². The molecule has 0 aliphatic heterocycles. The van der Waals surface area contributed by atoms with Gasteiger partial charge in [0.15, 0.2) is 5.96 Å². The third-order valence-corrected chi connectivity index (χ3v) is 5.97. The number of aliphatic imine (C=N–C) groups is 1. The van der Waals surface area contributed by atoms with Crippen LogP contribution in [-0.2, 0) is 12.8 Å². The lowest BCUT2D eigenvalue weighted by atomic mass is 10.1. The first-order valence-electron chi connectivity index (χ1n) is 10.7. The van der Waals surface area contributed by atoms with Crippen LogP contribution in [0.15, 0.2) is 58.9 Å². The molecule has 3 rings (SSSR count). The molecule has 0 saturated heterocycles. The summed E-state index contributed by atoms with van der Waals surface area (Å²) in [4.78, 5) is 22.8. The molecule has 0 atom stereocenters. The number of benzene rings is 2. The van der Waals surface area contributed by atoms with E-state index < -0.39 is 0 Å². The maximum absolute atomic E-state index is 12.1. The van der Waals surface area contributed by atoms with E-state index in [4.69, 9.17) is 4.98 Å². The number of hydrogen-bond donors (Lipinski definition) is 2. The standard InChI is InChI=1S/C25H31N5OS.HI/c1-18-8-10-20(11-9-18)23-29-22(17-32-23)13-15-28-25(26-2)27-14-12-19-6-5-7-21(16-19)24(31)30(3)4;/h5-11,16-17H,12-15H2,1-4H3,(H2,26,27,28);1H. The van der Waals surface area contributed by atoms with Gasteiger partial charge in [0, 0.05) is 57.2 Å². The molecule has 2 aromatic carbocycles. The van der Waals surface area contributed by atoms with Crippen molar-refractivity contribution in [3.63, 3.8) is 0 Å². The van der Waals surface area contributed by atoms with Gasteiger partial charge in [0.2, 0.25) is 0 Å². The van der Waals surface area contributed by atoms with Gasteiger partial charge in [-0.1, -0.05) is 42.0 Å². The summed E-state index contributed by atoms with van der Waals surface area (Å²) in [6.07, 6.45) is 1.64. The van der Waals surface area contributed by atoms with Crippen molar-refractivity contribution in [2.75, 3.05) is 34.2 Å². The van der Waals surface area contributed by atoms with Crippen LogP contribution in [0.2, 0.25) is 0 Å². The Morgan fingerprint density at radius 3 is 2.42 bits per heavy atom. The van der Waals surface area contributed by atoms with E-state index in [1.165, 1.54) is 5.56 Å². The van der Waals surface area contributed by atoms with Crippen molar-refractivity contribution in [3.05, 3.63) is 76.3 Å². The summed E-state index contributed by atoms with van der Waals surface area (Å²) < 4.78 is 0. The molecule has 8 heteroatoms. The molecule has 0 unspecified atom stereocenters. The third kappa shape index (κ3) is 8.12. The molecule has 1 heterocycles. The SMILES string of the molecule is CN=C(NCCc1cccc(C(=O)N(C)C)c1)NCCc1csc(-c2ccc(C)cc2)n1.I. The van der Waals surface area contributed by atoms with Gasteiger partial charge in [-0.3, -0.25) is 9.79 Å². The van der Waals surface area contributed by atoms with E-state index in [1.54, 1.807) is 37.4 Å². The van der Waals surface area contributed by atoms with Crippen molar-refractivity contribution in [2.24, 2.45) is 4.99 Å².